The highest BCUT2D eigenvalue weighted by molar-refractivity contribution is 5.77. The molecule has 0 aromatic heterocycles. The molecule has 10 nitrogen and oxygen atoms in total. The van der Waals surface area contributed by atoms with Crippen molar-refractivity contribution in [3.05, 3.63) is 0 Å². The van der Waals surface area contributed by atoms with Gasteiger partial charge >= 0.3 is 23.9 Å². The Morgan fingerprint density at radius 2 is 1.02 bits per heavy atom. The Morgan fingerprint density at radius 1 is 0.600 bits per heavy atom. The molecule has 6 saturated carbocycles. The van der Waals surface area contributed by atoms with Crippen LogP contribution in [0.15, 0.2) is 0 Å². The molecule has 4 bridgehead atoms. The predicted octanol–water partition coefficient (Wildman–Crippen LogP) is 10.6. The fraction of sp³-hybridized carbons (Fsp3) is 0.911. The van der Waals surface area contributed by atoms with Crippen molar-refractivity contribution >= 4 is 23.9 Å². The van der Waals surface area contributed by atoms with Crippen LogP contribution in [0.25, 0.3) is 0 Å². The van der Waals surface area contributed by atoms with Crippen LogP contribution in [0.1, 0.15) is 180 Å². The van der Waals surface area contributed by atoms with E-state index in [2.05, 4.69) is 0 Å². The molecule has 322 valence electrons. The van der Waals surface area contributed by atoms with E-state index in [9.17, 15) is 19.2 Å². The minimum absolute atomic E-state index is 0. The smallest absolute Gasteiger partial charge is 0.311 e. The van der Waals surface area contributed by atoms with Crippen LogP contribution < -0.4 is 0 Å². The second-order valence-electron chi connectivity index (χ2n) is 17.2. The first-order chi connectivity index (χ1) is 24.5. The van der Waals surface area contributed by atoms with E-state index in [1.807, 2.05) is 34.6 Å². The van der Waals surface area contributed by atoms with Crippen LogP contribution in [0.2, 0.25) is 0 Å². The lowest BCUT2D eigenvalue weighted by atomic mass is 9.86. The van der Waals surface area contributed by atoms with Gasteiger partial charge in [0.1, 0.15) is 12.2 Å². The van der Waals surface area contributed by atoms with E-state index in [4.69, 9.17) is 28.4 Å². The Hall–Kier alpha value is -2.20. The number of carbonyl (C=O) groups excluding carboxylic acids is 4. The fourth-order valence-electron chi connectivity index (χ4n) is 9.31. The standard InChI is InChI=1S/C21H34O5.C20H32O5.4CH4/c1-4-21(2,3)20(23)26-18-12-14-10-16(18)17(11-14)19(22)25-13-24-15-8-6-5-7-9-15;1-3-13(2)19(21)25-18-11-14-9-16(18)17(10-14)20(22)24-12-23-15-7-5-4-6-8-15;;;;/h14-18H,4-13H2,1-3H3;13-18H,3-12H2,1-2H3;4*1H4. The van der Waals surface area contributed by atoms with Crippen LogP contribution in [0.5, 0.6) is 0 Å². The van der Waals surface area contributed by atoms with Crippen molar-refractivity contribution in [2.24, 2.45) is 46.8 Å². The normalized spacial score (nSPS) is 30.1. The fourth-order valence-corrected chi connectivity index (χ4v) is 9.31. The summed E-state index contributed by atoms with van der Waals surface area (Å²) in [5.74, 6) is 0.201. The van der Waals surface area contributed by atoms with Gasteiger partial charge in [-0.15, -0.1) is 0 Å². The summed E-state index contributed by atoms with van der Waals surface area (Å²) in [5.41, 5.74) is -0.467. The maximum Gasteiger partial charge on any atom is 0.311 e. The molecule has 0 aliphatic heterocycles. The van der Waals surface area contributed by atoms with Gasteiger partial charge in [-0.2, -0.15) is 0 Å². The molecule has 0 aromatic carbocycles. The Labute approximate surface area is 335 Å². The van der Waals surface area contributed by atoms with Crippen molar-refractivity contribution in [2.45, 2.75) is 204 Å². The first-order valence-corrected chi connectivity index (χ1v) is 20.5. The van der Waals surface area contributed by atoms with E-state index in [1.165, 1.54) is 38.5 Å². The minimum Gasteiger partial charge on any atom is -0.462 e. The highest BCUT2D eigenvalue weighted by atomic mass is 16.7. The van der Waals surface area contributed by atoms with E-state index in [0.29, 0.717) is 11.8 Å². The molecule has 0 aromatic rings. The molecular formula is C45H82O10. The average Bonchev–Trinajstić information content (AvgIpc) is 3.94. The lowest BCUT2D eigenvalue weighted by Gasteiger charge is -2.31. The zero-order valence-electron chi connectivity index (χ0n) is 32.1. The molecule has 0 radical (unpaired) electrons. The van der Waals surface area contributed by atoms with Gasteiger partial charge in [0.2, 0.25) is 0 Å². The van der Waals surface area contributed by atoms with Crippen molar-refractivity contribution in [3.8, 4) is 0 Å². The lowest BCUT2D eigenvalue weighted by Crippen LogP contribution is -2.37. The van der Waals surface area contributed by atoms with Gasteiger partial charge in [-0.3, -0.25) is 19.2 Å². The average molecular weight is 783 g/mol. The van der Waals surface area contributed by atoms with Gasteiger partial charge < -0.3 is 28.4 Å². The monoisotopic (exact) mass is 783 g/mol. The van der Waals surface area contributed by atoms with Gasteiger partial charge in [0, 0.05) is 11.8 Å². The summed E-state index contributed by atoms with van der Waals surface area (Å²) in [6, 6.07) is 0. The van der Waals surface area contributed by atoms with Gasteiger partial charge in [0.15, 0.2) is 13.6 Å². The number of ether oxygens (including phenoxy) is 6. The van der Waals surface area contributed by atoms with Crippen molar-refractivity contribution in [2.75, 3.05) is 13.6 Å². The summed E-state index contributed by atoms with van der Waals surface area (Å²) in [4.78, 5) is 49.4. The summed E-state index contributed by atoms with van der Waals surface area (Å²) in [5, 5.41) is 0. The maximum atomic E-state index is 12.5. The molecule has 0 N–H and O–H groups in total. The number of rotatable bonds is 14. The summed E-state index contributed by atoms with van der Waals surface area (Å²) in [7, 11) is 0. The summed E-state index contributed by atoms with van der Waals surface area (Å²) in [6.07, 6.45) is 18.8. The molecule has 0 heterocycles. The van der Waals surface area contributed by atoms with Crippen molar-refractivity contribution in [1.82, 2.24) is 0 Å². The molecule has 0 amide bonds. The highest BCUT2D eigenvalue weighted by Crippen LogP contribution is 2.51. The number of esters is 4. The topological polar surface area (TPSA) is 124 Å². The summed E-state index contributed by atoms with van der Waals surface area (Å²) in [6.45, 7) is 9.82. The third-order valence-electron chi connectivity index (χ3n) is 13.2. The molecule has 0 saturated heterocycles. The maximum absolute atomic E-state index is 12.5. The Morgan fingerprint density at radius 3 is 1.40 bits per heavy atom. The Balaban J connectivity index is 0.000000513. The molecule has 9 unspecified atom stereocenters. The number of carbonyl (C=O) groups is 4. The van der Waals surface area contributed by atoms with Crippen molar-refractivity contribution in [3.63, 3.8) is 0 Å². The number of hydrogen-bond acceptors (Lipinski definition) is 10. The van der Waals surface area contributed by atoms with Crippen LogP contribution in [-0.4, -0.2) is 61.9 Å². The quantitative estimate of drug-likeness (QED) is 0.0955. The van der Waals surface area contributed by atoms with Crippen LogP contribution in [-0.2, 0) is 47.6 Å². The molecule has 0 spiro atoms. The van der Waals surface area contributed by atoms with E-state index in [-0.39, 0.29) is 121 Å². The second-order valence-corrected chi connectivity index (χ2v) is 17.2. The van der Waals surface area contributed by atoms with Crippen LogP contribution in [0, 0.1) is 46.8 Å². The van der Waals surface area contributed by atoms with Crippen molar-refractivity contribution < 1.29 is 47.6 Å². The molecule has 6 aliphatic rings. The van der Waals surface area contributed by atoms with Gasteiger partial charge in [-0.05, 0) is 103 Å². The minimum atomic E-state index is -0.467. The molecule has 6 aliphatic carbocycles. The molecule has 6 fully saturated rings. The molecular weight excluding hydrogens is 700 g/mol. The third kappa shape index (κ3) is 13.7. The van der Waals surface area contributed by atoms with Gasteiger partial charge in [-0.25, -0.2) is 0 Å². The first kappa shape index (κ1) is 50.8. The molecule has 6 rings (SSSR count). The van der Waals surface area contributed by atoms with Gasteiger partial charge in [-0.1, -0.05) is 89.0 Å². The zero-order valence-corrected chi connectivity index (χ0v) is 32.1. The van der Waals surface area contributed by atoms with Gasteiger partial charge in [0.25, 0.3) is 0 Å². The first-order valence-electron chi connectivity index (χ1n) is 20.5. The van der Waals surface area contributed by atoms with Crippen molar-refractivity contribution in [1.29, 1.82) is 0 Å². The van der Waals surface area contributed by atoms with Gasteiger partial charge in [0.05, 0.1) is 35.4 Å². The van der Waals surface area contributed by atoms with E-state index in [1.54, 1.807) is 0 Å². The highest BCUT2D eigenvalue weighted by Gasteiger charge is 2.53. The largest absolute Gasteiger partial charge is 0.462 e. The molecule has 9 atom stereocenters. The summed E-state index contributed by atoms with van der Waals surface area (Å²) >= 11 is 0. The molecule has 55 heavy (non-hydrogen) atoms. The van der Waals surface area contributed by atoms with E-state index in [0.717, 1.165) is 77.0 Å². The van der Waals surface area contributed by atoms with Crippen LogP contribution in [0.3, 0.4) is 0 Å². The summed E-state index contributed by atoms with van der Waals surface area (Å²) < 4.78 is 33.7. The second kappa shape index (κ2) is 23.9. The van der Waals surface area contributed by atoms with Crippen LogP contribution >= 0.6 is 0 Å². The Bertz CT molecular complexity index is 1160. The van der Waals surface area contributed by atoms with E-state index >= 15 is 0 Å². The molecule has 10 heteroatoms. The lowest BCUT2D eigenvalue weighted by molar-refractivity contribution is -0.175. The Kier molecular flexibility index (Phi) is 22.1. The number of fused-ring (bicyclic) bond motifs is 4. The SMILES string of the molecule is C.C.C.C.CCC(C)(C)C(=O)OC1CC2CC(C(=O)OCOC3CCCCC3)C1C2.CCC(C)C(=O)OC1CC2CC(C(=O)OCOC3CCCCC3)C1C2. The number of hydrogen-bond donors (Lipinski definition) is 0. The van der Waals surface area contributed by atoms with E-state index < -0.39 is 5.41 Å². The van der Waals surface area contributed by atoms with Crippen LogP contribution in [0.4, 0.5) is 0 Å². The predicted molar refractivity (Wildman–Crippen MR) is 217 cm³/mol. The zero-order chi connectivity index (χ0) is 36.5. The third-order valence-corrected chi connectivity index (χ3v) is 13.2.